The zero-order valence-corrected chi connectivity index (χ0v) is 31.3. The van der Waals surface area contributed by atoms with Crippen LogP contribution >= 0.6 is 0 Å². The summed E-state index contributed by atoms with van der Waals surface area (Å²) in [6.07, 6.45) is 9.06. The van der Waals surface area contributed by atoms with Gasteiger partial charge in [0.05, 0.1) is 6.42 Å². The highest BCUT2D eigenvalue weighted by atomic mass is 16.2. The summed E-state index contributed by atoms with van der Waals surface area (Å²) >= 11 is 0. The molecule has 1 saturated carbocycles. The molecule has 6 heteroatoms. The molecule has 262 valence electrons. The highest BCUT2D eigenvalue weighted by Gasteiger charge is 2.36. The number of benzene rings is 3. The lowest BCUT2D eigenvalue weighted by atomic mass is 9.88. The summed E-state index contributed by atoms with van der Waals surface area (Å²) in [5.74, 6) is 0.259. The molecule has 1 amide bonds. The largest absolute Gasteiger partial charge is 0.337 e. The first-order valence-electron chi connectivity index (χ1n) is 18.6. The first kappa shape index (κ1) is 36.5. The van der Waals surface area contributed by atoms with E-state index < -0.39 is 0 Å². The third-order valence-electron chi connectivity index (χ3n) is 11.5. The second-order valence-corrected chi connectivity index (χ2v) is 15.6. The Bertz CT molecular complexity index is 1490. The number of hydrogen-bond acceptors (Lipinski definition) is 5. The van der Waals surface area contributed by atoms with E-state index in [9.17, 15) is 4.79 Å². The molecule has 1 saturated heterocycles. The van der Waals surface area contributed by atoms with Crippen LogP contribution in [0.25, 0.3) is 10.8 Å². The van der Waals surface area contributed by atoms with Crippen molar-refractivity contribution in [3.8, 4) is 0 Å². The lowest BCUT2D eigenvalue weighted by Crippen LogP contribution is -2.61. The second-order valence-electron chi connectivity index (χ2n) is 15.6. The lowest BCUT2D eigenvalue weighted by molar-refractivity contribution is -0.137. The number of piperazine rings is 1. The molecule has 0 radical (unpaired) electrons. The van der Waals surface area contributed by atoms with Crippen LogP contribution in [0.4, 0.5) is 0 Å². The van der Waals surface area contributed by atoms with Gasteiger partial charge >= 0.3 is 0 Å². The van der Waals surface area contributed by atoms with Gasteiger partial charge in [0.2, 0.25) is 5.91 Å². The van der Waals surface area contributed by atoms with Crippen LogP contribution in [0.2, 0.25) is 0 Å². The zero-order valence-electron chi connectivity index (χ0n) is 31.3. The highest BCUT2D eigenvalue weighted by molar-refractivity contribution is 5.85. The number of carbonyl (C=O) groups is 1. The number of amides is 1. The third-order valence-corrected chi connectivity index (χ3v) is 11.5. The number of hydrogen-bond donors (Lipinski definition) is 0. The molecule has 5 atom stereocenters. The number of aryl methyl sites for hydroxylation is 2. The fourth-order valence-electron chi connectivity index (χ4n) is 8.54. The zero-order chi connectivity index (χ0) is 34.4. The quantitative estimate of drug-likeness (QED) is 0.206. The normalized spacial score (nSPS) is 23.0. The van der Waals surface area contributed by atoms with Gasteiger partial charge in [-0.2, -0.15) is 0 Å². The minimum Gasteiger partial charge on any atom is -0.337 e. The molecule has 0 spiro atoms. The molecular formula is C42H63N5O. The molecule has 3 aromatic carbocycles. The van der Waals surface area contributed by atoms with E-state index in [0.717, 1.165) is 51.0 Å². The molecule has 6 nitrogen and oxygen atoms in total. The van der Waals surface area contributed by atoms with E-state index in [1.54, 1.807) is 0 Å². The van der Waals surface area contributed by atoms with E-state index in [4.69, 9.17) is 0 Å². The van der Waals surface area contributed by atoms with Crippen molar-refractivity contribution in [2.24, 2.45) is 0 Å². The fraction of sp³-hybridized carbons (Fsp3) is 0.595. The average molecular weight is 654 g/mol. The Balaban J connectivity index is 1.30. The van der Waals surface area contributed by atoms with Crippen LogP contribution in [0.1, 0.15) is 67.7 Å². The van der Waals surface area contributed by atoms with Gasteiger partial charge in [-0.1, -0.05) is 79.1 Å². The van der Waals surface area contributed by atoms with Gasteiger partial charge in [0.1, 0.15) is 0 Å². The van der Waals surface area contributed by atoms with Gasteiger partial charge in [-0.15, -0.1) is 0 Å². The highest BCUT2D eigenvalue weighted by Crippen LogP contribution is 2.27. The number of nitrogens with zero attached hydrogens (tertiary/aromatic N) is 5. The molecule has 2 unspecified atom stereocenters. The predicted octanol–water partition coefficient (Wildman–Crippen LogP) is 6.66. The number of fused-ring (bicyclic) bond motifs is 1. The Kier molecular flexibility index (Phi) is 12.7. The van der Waals surface area contributed by atoms with Gasteiger partial charge in [0.25, 0.3) is 0 Å². The molecule has 2 aliphatic rings. The van der Waals surface area contributed by atoms with E-state index in [1.807, 2.05) is 0 Å². The van der Waals surface area contributed by atoms with Crippen molar-refractivity contribution in [2.75, 3.05) is 61.4 Å². The first-order chi connectivity index (χ1) is 23.0. The van der Waals surface area contributed by atoms with Gasteiger partial charge < -0.3 is 19.6 Å². The van der Waals surface area contributed by atoms with Gasteiger partial charge in [0.15, 0.2) is 0 Å². The molecule has 1 aliphatic heterocycles. The van der Waals surface area contributed by atoms with Crippen LogP contribution in [0.5, 0.6) is 0 Å². The Labute approximate surface area is 292 Å². The Morgan fingerprint density at radius 3 is 2.31 bits per heavy atom. The summed E-state index contributed by atoms with van der Waals surface area (Å²) in [5, 5.41) is 2.43. The Hall–Kier alpha value is -2.77. The number of likely N-dealkylation sites (N-methyl/N-ethyl adjacent to an activating group) is 3. The molecule has 0 bridgehead atoms. The molecule has 0 N–H and O–H groups in total. The van der Waals surface area contributed by atoms with Crippen molar-refractivity contribution < 1.29 is 4.79 Å². The van der Waals surface area contributed by atoms with Crippen LogP contribution in [0.3, 0.4) is 0 Å². The van der Waals surface area contributed by atoms with E-state index in [-0.39, 0.29) is 11.9 Å². The monoisotopic (exact) mass is 654 g/mol. The Morgan fingerprint density at radius 2 is 1.60 bits per heavy atom. The van der Waals surface area contributed by atoms with Gasteiger partial charge in [-0.25, -0.2) is 0 Å². The number of carbonyl (C=O) groups excluding carboxylic acids is 1. The summed E-state index contributed by atoms with van der Waals surface area (Å²) < 4.78 is 0. The second kappa shape index (κ2) is 16.8. The fourth-order valence-corrected chi connectivity index (χ4v) is 8.54. The van der Waals surface area contributed by atoms with Crippen LogP contribution in [0.15, 0.2) is 60.7 Å². The SMILES string of the molecule is Cc1ccc(C[C@@H](CN2C[C@@H](C)N(C(=O)Cc3ccc4ccccc4c3)C[C@@H]2CCCN(C)C2CCCCC2N(C)C)N(C)C)c(C)c1. The number of rotatable bonds is 13. The minimum atomic E-state index is 0.184. The van der Waals surface area contributed by atoms with Crippen molar-refractivity contribution in [1.29, 1.82) is 0 Å². The molecule has 1 heterocycles. The van der Waals surface area contributed by atoms with Crippen molar-refractivity contribution in [2.45, 2.75) is 102 Å². The minimum absolute atomic E-state index is 0.184. The molecule has 1 aliphatic carbocycles. The molecule has 3 aromatic rings. The predicted molar refractivity (Wildman–Crippen MR) is 203 cm³/mol. The molecule has 5 rings (SSSR count). The maximum absolute atomic E-state index is 14.0. The maximum Gasteiger partial charge on any atom is 0.227 e. The molecule has 48 heavy (non-hydrogen) atoms. The van der Waals surface area contributed by atoms with E-state index >= 15 is 0 Å². The van der Waals surface area contributed by atoms with E-state index in [1.165, 1.54) is 53.1 Å². The van der Waals surface area contributed by atoms with Crippen LogP contribution < -0.4 is 0 Å². The summed E-state index contributed by atoms with van der Waals surface area (Å²) in [6, 6.07) is 24.0. The topological polar surface area (TPSA) is 33.3 Å². The van der Waals surface area contributed by atoms with Crippen LogP contribution in [-0.4, -0.2) is 122 Å². The van der Waals surface area contributed by atoms with Crippen LogP contribution in [-0.2, 0) is 17.6 Å². The third kappa shape index (κ3) is 9.26. The summed E-state index contributed by atoms with van der Waals surface area (Å²) in [5.41, 5.74) is 5.26. The standard InChI is InChI=1S/C42H63N5O/c1-31-19-21-36(32(2)24-31)27-39(43(4)5)29-46-28-33(3)47(42(48)26-34-20-22-35-14-9-10-15-37(35)25-34)30-38(46)16-13-23-45(8)41-18-12-11-17-40(41)44(6)7/h9-10,14-15,19-22,24-25,33,38-41H,11-13,16-18,23,26-30H2,1-8H3/t33-,38+,39+,40?,41?/m1/s1. The van der Waals surface area contributed by atoms with Crippen molar-refractivity contribution >= 4 is 16.7 Å². The van der Waals surface area contributed by atoms with Crippen molar-refractivity contribution in [3.05, 3.63) is 82.9 Å². The van der Waals surface area contributed by atoms with Crippen molar-refractivity contribution in [1.82, 2.24) is 24.5 Å². The summed E-state index contributed by atoms with van der Waals surface area (Å²) in [7, 11) is 11.3. The lowest BCUT2D eigenvalue weighted by Gasteiger charge is -2.47. The van der Waals surface area contributed by atoms with Crippen molar-refractivity contribution in [3.63, 3.8) is 0 Å². The first-order valence-corrected chi connectivity index (χ1v) is 18.6. The van der Waals surface area contributed by atoms with E-state index in [2.05, 4.69) is 141 Å². The van der Waals surface area contributed by atoms with Gasteiger partial charge in [-0.05, 0) is 122 Å². The maximum atomic E-state index is 14.0. The molecule has 0 aromatic heterocycles. The smallest absolute Gasteiger partial charge is 0.227 e. The van der Waals surface area contributed by atoms with Gasteiger partial charge in [0, 0.05) is 49.8 Å². The summed E-state index contributed by atoms with van der Waals surface area (Å²) in [6.45, 7) is 10.6. The summed E-state index contributed by atoms with van der Waals surface area (Å²) in [4.78, 5) is 26.4. The average Bonchev–Trinajstić information content (AvgIpc) is 3.06. The Morgan fingerprint density at radius 1 is 0.875 bits per heavy atom. The molecular weight excluding hydrogens is 590 g/mol. The molecule has 2 fully saturated rings. The van der Waals surface area contributed by atoms with Gasteiger partial charge in [-0.3, -0.25) is 9.69 Å². The van der Waals surface area contributed by atoms with E-state index in [0.29, 0.717) is 30.6 Å². The van der Waals surface area contributed by atoms with Crippen LogP contribution in [0, 0.1) is 13.8 Å².